The summed E-state index contributed by atoms with van der Waals surface area (Å²) in [5, 5.41) is 8.94. The van der Waals surface area contributed by atoms with Gasteiger partial charge in [0, 0.05) is 25.4 Å². The van der Waals surface area contributed by atoms with Gasteiger partial charge in [-0.15, -0.1) is 12.4 Å². The minimum Gasteiger partial charge on any atom is -0.352 e. The number of carbonyl (C=O) groups is 3. The SMILES string of the molecule is Cl.O=C1CN(C(=O)CCC(=O)N[C@H]2CCCNC2)c2ccccc2N1. The molecule has 0 aromatic heterocycles. The molecule has 0 aliphatic carbocycles. The van der Waals surface area contributed by atoms with Gasteiger partial charge in [-0.05, 0) is 31.5 Å². The van der Waals surface area contributed by atoms with Crippen molar-refractivity contribution in [3.8, 4) is 0 Å². The fourth-order valence-electron chi connectivity index (χ4n) is 3.09. The largest absolute Gasteiger partial charge is 0.352 e. The Kier molecular flexibility index (Phi) is 6.78. The van der Waals surface area contributed by atoms with E-state index >= 15 is 0 Å². The summed E-state index contributed by atoms with van der Waals surface area (Å²) in [6.07, 6.45) is 2.24. The Balaban J connectivity index is 0.00000225. The van der Waals surface area contributed by atoms with Crippen molar-refractivity contribution in [1.29, 1.82) is 0 Å². The van der Waals surface area contributed by atoms with Gasteiger partial charge in [-0.25, -0.2) is 0 Å². The molecule has 3 N–H and O–H groups in total. The van der Waals surface area contributed by atoms with E-state index in [0.29, 0.717) is 11.4 Å². The Bertz CT molecular complexity index is 647. The third kappa shape index (κ3) is 4.93. The Labute approximate surface area is 152 Å². The highest BCUT2D eigenvalue weighted by molar-refractivity contribution is 6.10. The number of para-hydroxylation sites is 2. The molecule has 25 heavy (non-hydrogen) atoms. The molecule has 0 bridgehead atoms. The summed E-state index contributed by atoms with van der Waals surface area (Å²) in [5.74, 6) is -0.555. The average molecular weight is 367 g/mol. The highest BCUT2D eigenvalue weighted by Gasteiger charge is 2.26. The van der Waals surface area contributed by atoms with E-state index in [9.17, 15) is 14.4 Å². The van der Waals surface area contributed by atoms with Gasteiger partial charge in [0.25, 0.3) is 0 Å². The van der Waals surface area contributed by atoms with E-state index in [1.165, 1.54) is 4.90 Å². The van der Waals surface area contributed by atoms with Gasteiger partial charge in [-0.2, -0.15) is 0 Å². The number of benzene rings is 1. The van der Waals surface area contributed by atoms with E-state index in [1.807, 2.05) is 6.07 Å². The molecule has 0 unspecified atom stereocenters. The predicted octanol–water partition coefficient (Wildman–Crippen LogP) is 1.04. The van der Waals surface area contributed by atoms with Crippen molar-refractivity contribution in [2.75, 3.05) is 29.9 Å². The fraction of sp³-hybridized carbons (Fsp3) is 0.471. The normalized spacial score (nSPS) is 19.3. The van der Waals surface area contributed by atoms with Crippen LogP contribution in [0.1, 0.15) is 25.7 Å². The number of halogens is 1. The van der Waals surface area contributed by atoms with Crippen LogP contribution >= 0.6 is 12.4 Å². The molecule has 8 heteroatoms. The lowest BCUT2D eigenvalue weighted by Gasteiger charge is -2.29. The number of anilines is 2. The summed E-state index contributed by atoms with van der Waals surface area (Å²) in [7, 11) is 0. The predicted molar refractivity (Wildman–Crippen MR) is 97.9 cm³/mol. The Hall–Kier alpha value is -2.12. The molecule has 1 saturated heterocycles. The maximum atomic E-state index is 12.5. The standard InChI is InChI=1S/C17H22N4O3.ClH/c22-15(19-12-4-3-9-18-10-12)7-8-17(24)21-11-16(23)20-13-5-1-2-6-14(13)21;/h1-2,5-6,12,18H,3-4,7-11H2,(H,19,22)(H,20,23);1H/t12-;/m0./s1. The molecule has 2 aliphatic rings. The van der Waals surface area contributed by atoms with E-state index in [4.69, 9.17) is 0 Å². The van der Waals surface area contributed by atoms with Gasteiger partial charge in [-0.1, -0.05) is 12.1 Å². The first-order valence-corrected chi connectivity index (χ1v) is 8.33. The summed E-state index contributed by atoms with van der Waals surface area (Å²) < 4.78 is 0. The maximum Gasteiger partial charge on any atom is 0.244 e. The molecule has 0 spiro atoms. The Morgan fingerprint density at radius 1 is 1.24 bits per heavy atom. The van der Waals surface area contributed by atoms with Crippen molar-refractivity contribution >= 4 is 41.5 Å². The van der Waals surface area contributed by atoms with Gasteiger partial charge in [0.05, 0.1) is 11.4 Å². The van der Waals surface area contributed by atoms with Gasteiger partial charge in [0.1, 0.15) is 6.54 Å². The fourth-order valence-corrected chi connectivity index (χ4v) is 3.09. The van der Waals surface area contributed by atoms with E-state index in [0.717, 1.165) is 25.9 Å². The summed E-state index contributed by atoms with van der Waals surface area (Å²) in [6, 6.07) is 7.32. The van der Waals surface area contributed by atoms with Gasteiger partial charge >= 0.3 is 0 Å². The van der Waals surface area contributed by atoms with E-state index in [-0.39, 0.29) is 55.6 Å². The molecule has 1 fully saturated rings. The number of nitrogens with one attached hydrogen (secondary N) is 3. The van der Waals surface area contributed by atoms with Gasteiger partial charge in [0.2, 0.25) is 17.7 Å². The third-order valence-electron chi connectivity index (χ3n) is 4.30. The monoisotopic (exact) mass is 366 g/mol. The van der Waals surface area contributed by atoms with Crippen molar-refractivity contribution < 1.29 is 14.4 Å². The second-order valence-corrected chi connectivity index (χ2v) is 6.16. The number of nitrogens with zero attached hydrogens (tertiary/aromatic N) is 1. The molecular weight excluding hydrogens is 344 g/mol. The van der Waals surface area contributed by atoms with Crippen molar-refractivity contribution in [3.63, 3.8) is 0 Å². The molecule has 3 rings (SSSR count). The quantitative estimate of drug-likeness (QED) is 0.742. The molecule has 0 saturated carbocycles. The van der Waals surface area contributed by atoms with Crippen LogP contribution in [0.2, 0.25) is 0 Å². The lowest BCUT2D eigenvalue weighted by molar-refractivity contribution is -0.126. The molecule has 0 radical (unpaired) electrons. The smallest absolute Gasteiger partial charge is 0.244 e. The summed E-state index contributed by atoms with van der Waals surface area (Å²) in [5.41, 5.74) is 1.30. The van der Waals surface area contributed by atoms with E-state index < -0.39 is 0 Å². The highest BCUT2D eigenvalue weighted by atomic mass is 35.5. The van der Waals surface area contributed by atoms with Crippen LogP contribution in [0.25, 0.3) is 0 Å². The lowest BCUT2D eigenvalue weighted by atomic mass is 10.1. The van der Waals surface area contributed by atoms with Crippen molar-refractivity contribution in [1.82, 2.24) is 10.6 Å². The van der Waals surface area contributed by atoms with E-state index in [1.54, 1.807) is 18.2 Å². The molecular formula is C17H23ClN4O3. The molecule has 1 aromatic rings. The zero-order valence-electron chi connectivity index (χ0n) is 13.9. The minimum absolute atomic E-state index is 0. The van der Waals surface area contributed by atoms with Crippen LogP contribution in [0.3, 0.4) is 0 Å². The molecule has 136 valence electrons. The van der Waals surface area contributed by atoms with Gasteiger partial charge < -0.3 is 20.9 Å². The summed E-state index contributed by atoms with van der Waals surface area (Å²) in [4.78, 5) is 37.7. The number of carbonyl (C=O) groups excluding carboxylic acids is 3. The topological polar surface area (TPSA) is 90.5 Å². The Morgan fingerprint density at radius 3 is 2.80 bits per heavy atom. The first-order chi connectivity index (χ1) is 11.6. The zero-order chi connectivity index (χ0) is 16.9. The summed E-state index contributed by atoms with van der Waals surface area (Å²) >= 11 is 0. The zero-order valence-corrected chi connectivity index (χ0v) is 14.7. The molecule has 7 nitrogen and oxygen atoms in total. The van der Waals surface area contributed by atoms with Crippen LogP contribution in [-0.4, -0.2) is 43.4 Å². The second-order valence-electron chi connectivity index (χ2n) is 6.16. The number of rotatable bonds is 4. The average Bonchev–Trinajstić information content (AvgIpc) is 2.59. The van der Waals surface area contributed by atoms with Gasteiger partial charge in [-0.3, -0.25) is 14.4 Å². The first-order valence-electron chi connectivity index (χ1n) is 8.33. The third-order valence-corrected chi connectivity index (χ3v) is 4.30. The van der Waals surface area contributed by atoms with Crippen molar-refractivity contribution in [2.24, 2.45) is 0 Å². The minimum atomic E-state index is -0.222. The lowest BCUT2D eigenvalue weighted by Crippen LogP contribution is -2.46. The number of hydrogen-bond donors (Lipinski definition) is 3. The number of hydrogen-bond acceptors (Lipinski definition) is 4. The van der Waals surface area contributed by atoms with Crippen LogP contribution in [0.4, 0.5) is 11.4 Å². The van der Waals surface area contributed by atoms with E-state index in [2.05, 4.69) is 16.0 Å². The van der Waals surface area contributed by atoms with Crippen LogP contribution in [0.15, 0.2) is 24.3 Å². The first kappa shape index (κ1) is 19.2. The molecule has 1 atom stereocenters. The highest BCUT2D eigenvalue weighted by Crippen LogP contribution is 2.29. The molecule has 2 aliphatic heterocycles. The van der Waals surface area contributed by atoms with Crippen LogP contribution in [-0.2, 0) is 14.4 Å². The van der Waals surface area contributed by atoms with Crippen LogP contribution < -0.4 is 20.9 Å². The Morgan fingerprint density at radius 2 is 2.04 bits per heavy atom. The number of amides is 3. The van der Waals surface area contributed by atoms with Crippen LogP contribution in [0, 0.1) is 0 Å². The molecule has 1 aromatic carbocycles. The maximum absolute atomic E-state index is 12.5. The van der Waals surface area contributed by atoms with Crippen LogP contribution in [0.5, 0.6) is 0 Å². The molecule has 3 amide bonds. The number of piperidine rings is 1. The van der Waals surface area contributed by atoms with Crippen molar-refractivity contribution in [2.45, 2.75) is 31.7 Å². The summed E-state index contributed by atoms with van der Waals surface area (Å²) in [6.45, 7) is 1.75. The molecule has 2 heterocycles. The number of fused-ring (bicyclic) bond motifs is 1. The van der Waals surface area contributed by atoms with Gasteiger partial charge in [0.15, 0.2) is 0 Å². The van der Waals surface area contributed by atoms with Crippen molar-refractivity contribution in [3.05, 3.63) is 24.3 Å². The second kappa shape index (κ2) is 8.82.